The monoisotopic (exact) mass is 222 g/mol. The van der Waals surface area contributed by atoms with Gasteiger partial charge in [-0.25, -0.2) is 4.39 Å². The van der Waals surface area contributed by atoms with E-state index in [2.05, 4.69) is 10.0 Å². The molecule has 84 valence electrons. The third-order valence-corrected chi connectivity index (χ3v) is 2.44. The standard InChI is InChI=1S/C10H11FN4O/c11-9-7-8(13-14-12)1-2-10(9)15-3-5-16-6-4-15/h1-2,7H,3-6H2. The molecule has 0 saturated carbocycles. The van der Waals surface area contributed by atoms with Crippen LogP contribution in [0, 0.1) is 5.82 Å². The van der Waals surface area contributed by atoms with Gasteiger partial charge in [0.05, 0.1) is 18.9 Å². The average molecular weight is 222 g/mol. The number of morpholine rings is 1. The maximum Gasteiger partial charge on any atom is 0.146 e. The fraction of sp³-hybridized carbons (Fsp3) is 0.400. The van der Waals surface area contributed by atoms with Crippen molar-refractivity contribution < 1.29 is 9.13 Å². The molecule has 1 fully saturated rings. The minimum Gasteiger partial charge on any atom is -0.378 e. The molecule has 0 atom stereocenters. The maximum absolute atomic E-state index is 13.7. The van der Waals surface area contributed by atoms with Crippen molar-refractivity contribution in [2.75, 3.05) is 31.2 Å². The van der Waals surface area contributed by atoms with E-state index in [1.54, 1.807) is 12.1 Å². The van der Waals surface area contributed by atoms with Gasteiger partial charge >= 0.3 is 0 Å². The summed E-state index contributed by atoms with van der Waals surface area (Å²) in [5.41, 5.74) is 9.05. The van der Waals surface area contributed by atoms with Crippen LogP contribution in [0.5, 0.6) is 0 Å². The van der Waals surface area contributed by atoms with Gasteiger partial charge in [-0.1, -0.05) is 11.2 Å². The Kier molecular flexibility index (Phi) is 3.24. The number of halogens is 1. The second kappa shape index (κ2) is 4.83. The highest BCUT2D eigenvalue weighted by atomic mass is 19.1. The molecule has 1 aliphatic rings. The van der Waals surface area contributed by atoms with Crippen molar-refractivity contribution in [3.05, 3.63) is 34.5 Å². The van der Waals surface area contributed by atoms with Crippen LogP contribution in [-0.2, 0) is 4.74 Å². The van der Waals surface area contributed by atoms with Gasteiger partial charge in [0.15, 0.2) is 0 Å². The third kappa shape index (κ3) is 2.24. The van der Waals surface area contributed by atoms with Crippen LogP contribution in [0.15, 0.2) is 23.3 Å². The molecule has 16 heavy (non-hydrogen) atoms. The number of hydrogen-bond donors (Lipinski definition) is 0. The maximum atomic E-state index is 13.7. The van der Waals surface area contributed by atoms with E-state index in [9.17, 15) is 4.39 Å². The molecule has 1 aliphatic heterocycles. The van der Waals surface area contributed by atoms with E-state index in [4.69, 9.17) is 10.3 Å². The van der Waals surface area contributed by atoms with Crippen LogP contribution in [0.2, 0.25) is 0 Å². The summed E-state index contributed by atoms with van der Waals surface area (Å²) in [6.45, 7) is 2.57. The average Bonchev–Trinajstić information content (AvgIpc) is 2.31. The zero-order valence-electron chi connectivity index (χ0n) is 8.64. The van der Waals surface area contributed by atoms with E-state index in [0.29, 0.717) is 32.0 Å². The molecular weight excluding hydrogens is 211 g/mol. The zero-order valence-corrected chi connectivity index (χ0v) is 8.64. The zero-order chi connectivity index (χ0) is 11.4. The summed E-state index contributed by atoms with van der Waals surface area (Å²) in [7, 11) is 0. The Balaban J connectivity index is 2.24. The summed E-state index contributed by atoms with van der Waals surface area (Å²) in [5, 5.41) is 3.35. The number of azide groups is 1. The lowest BCUT2D eigenvalue weighted by Crippen LogP contribution is -2.36. The second-order valence-corrected chi connectivity index (χ2v) is 3.42. The molecule has 0 aromatic heterocycles. The highest BCUT2D eigenvalue weighted by molar-refractivity contribution is 5.54. The van der Waals surface area contributed by atoms with Crippen LogP contribution in [0.25, 0.3) is 10.4 Å². The number of rotatable bonds is 2. The first-order valence-corrected chi connectivity index (χ1v) is 4.98. The van der Waals surface area contributed by atoms with E-state index in [0.717, 1.165) is 0 Å². The first kappa shape index (κ1) is 10.7. The van der Waals surface area contributed by atoms with Gasteiger partial charge < -0.3 is 9.64 Å². The highest BCUT2D eigenvalue weighted by Crippen LogP contribution is 2.25. The summed E-state index contributed by atoms with van der Waals surface area (Å²) in [5.74, 6) is -0.369. The first-order chi connectivity index (χ1) is 7.81. The number of nitrogens with zero attached hydrogens (tertiary/aromatic N) is 4. The fourth-order valence-electron chi connectivity index (χ4n) is 1.67. The van der Waals surface area contributed by atoms with E-state index < -0.39 is 0 Å². The number of ether oxygens (including phenoxy) is 1. The van der Waals surface area contributed by atoms with Gasteiger partial charge in [-0.3, -0.25) is 0 Å². The first-order valence-electron chi connectivity index (χ1n) is 4.98. The Morgan fingerprint density at radius 3 is 2.75 bits per heavy atom. The highest BCUT2D eigenvalue weighted by Gasteiger charge is 2.14. The van der Waals surface area contributed by atoms with Gasteiger partial charge in [0, 0.05) is 23.7 Å². The number of benzene rings is 1. The topological polar surface area (TPSA) is 61.2 Å². The van der Waals surface area contributed by atoms with E-state index in [1.165, 1.54) is 6.07 Å². The van der Waals surface area contributed by atoms with Crippen LogP contribution < -0.4 is 4.90 Å². The summed E-state index contributed by atoms with van der Waals surface area (Å²) in [4.78, 5) is 4.53. The largest absolute Gasteiger partial charge is 0.378 e. The Bertz CT molecular complexity index is 425. The normalized spacial score (nSPS) is 15.7. The molecule has 1 heterocycles. The van der Waals surface area contributed by atoms with Gasteiger partial charge in [-0.15, -0.1) is 0 Å². The quantitative estimate of drug-likeness (QED) is 0.438. The van der Waals surface area contributed by atoms with Crippen LogP contribution in [0.3, 0.4) is 0 Å². The van der Waals surface area contributed by atoms with Crippen molar-refractivity contribution in [1.82, 2.24) is 0 Å². The Labute approximate surface area is 92.1 Å². The lowest BCUT2D eigenvalue weighted by atomic mass is 10.2. The molecule has 0 spiro atoms. The number of hydrogen-bond acceptors (Lipinski definition) is 3. The Morgan fingerprint density at radius 1 is 1.38 bits per heavy atom. The van der Waals surface area contributed by atoms with Crippen molar-refractivity contribution in [2.24, 2.45) is 5.11 Å². The van der Waals surface area contributed by atoms with Crippen LogP contribution in [0.1, 0.15) is 0 Å². The molecule has 2 rings (SSSR count). The minimum atomic E-state index is -0.369. The molecule has 1 saturated heterocycles. The van der Waals surface area contributed by atoms with Crippen molar-refractivity contribution in [2.45, 2.75) is 0 Å². The summed E-state index contributed by atoms with van der Waals surface area (Å²) in [6.07, 6.45) is 0. The molecule has 0 bridgehead atoms. The molecule has 0 amide bonds. The summed E-state index contributed by atoms with van der Waals surface area (Å²) in [6, 6.07) is 4.47. The Morgan fingerprint density at radius 2 is 2.12 bits per heavy atom. The summed E-state index contributed by atoms with van der Waals surface area (Å²) < 4.78 is 18.9. The predicted molar refractivity (Wildman–Crippen MR) is 58.2 cm³/mol. The molecule has 0 aliphatic carbocycles. The van der Waals surface area contributed by atoms with E-state index >= 15 is 0 Å². The molecule has 0 radical (unpaired) electrons. The SMILES string of the molecule is [N-]=[N+]=Nc1ccc(N2CCOCC2)c(F)c1. The van der Waals surface area contributed by atoms with Crippen molar-refractivity contribution in [3.63, 3.8) is 0 Å². The van der Waals surface area contributed by atoms with Crippen LogP contribution in [-0.4, -0.2) is 26.3 Å². The van der Waals surface area contributed by atoms with Gasteiger partial charge in [-0.2, -0.15) is 0 Å². The molecule has 1 aromatic rings. The fourth-order valence-corrected chi connectivity index (χ4v) is 1.67. The molecule has 0 unspecified atom stereocenters. The lowest BCUT2D eigenvalue weighted by Gasteiger charge is -2.29. The molecule has 5 nitrogen and oxygen atoms in total. The molecular formula is C10H11FN4O. The molecule has 1 aromatic carbocycles. The van der Waals surface area contributed by atoms with E-state index in [-0.39, 0.29) is 11.5 Å². The predicted octanol–water partition coefficient (Wildman–Crippen LogP) is 2.60. The smallest absolute Gasteiger partial charge is 0.146 e. The van der Waals surface area contributed by atoms with Crippen LogP contribution >= 0.6 is 0 Å². The Hall–Kier alpha value is -1.78. The third-order valence-electron chi connectivity index (χ3n) is 2.44. The van der Waals surface area contributed by atoms with Gasteiger partial charge in [0.2, 0.25) is 0 Å². The second-order valence-electron chi connectivity index (χ2n) is 3.42. The van der Waals surface area contributed by atoms with Crippen LogP contribution in [0.4, 0.5) is 15.8 Å². The molecule has 6 heteroatoms. The minimum absolute atomic E-state index is 0.289. The van der Waals surface area contributed by atoms with Crippen molar-refractivity contribution in [1.29, 1.82) is 0 Å². The van der Waals surface area contributed by atoms with Gasteiger partial charge in [0.1, 0.15) is 5.82 Å². The van der Waals surface area contributed by atoms with E-state index in [1.807, 2.05) is 4.90 Å². The summed E-state index contributed by atoms with van der Waals surface area (Å²) >= 11 is 0. The van der Waals surface area contributed by atoms with Gasteiger partial charge in [-0.05, 0) is 17.7 Å². The van der Waals surface area contributed by atoms with Crippen molar-refractivity contribution in [3.8, 4) is 0 Å². The lowest BCUT2D eigenvalue weighted by molar-refractivity contribution is 0.122. The van der Waals surface area contributed by atoms with Gasteiger partial charge in [0.25, 0.3) is 0 Å². The molecule has 0 N–H and O–H groups in total. The van der Waals surface area contributed by atoms with Crippen molar-refractivity contribution >= 4 is 11.4 Å². The number of anilines is 1.